The summed E-state index contributed by atoms with van der Waals surface area (Å²) in [6.45, 7) is 3.85. The highest BCUT2D eigenvalue weighted by Crippen LogP contribution is 2.30. The van der Waals surface area contributed by atoms with E-state index in [0.29, 0.717) is 16.4 Å². The number of aryl methyl sites for hydroxylation is 1. The van der Waals surface area contributed by atoms with Crippen LogP contribution in [0.1, 0.15) is 29.8 Å². The van der Waals surface area contributed by atoms with Gasteiger partial charge in [0.15, 0.2) is 0 Å². The Kier molecular flexibility index (Phi) is 5.59. The summed E-state index contributed by atoms with van der Waals surface area (Å²) in [4.78, 5) is 24.6. The number of carbonyl (C=O) groups excluding carboxylic acids is 2. The van der Waals surface area contributed by atoms with Gasteiger partial charge in [-0.05, 0) is 69.2 Å². The van der Waals surface area contributed by atoms with Gasteiger partial charge in [0.2, 0.25) is 11.8 Å². The van der Waals surface area contributed by atoms with Crippen molar-refractivity contribution < 1.29 is 9.59 Å². The zero-order chi connectivity index (χ0) is 21.3. The van der Waals surface area contributed by atoms with Crippen LogP contribution in [0.15, 0.2) is 48.5 Å². The molecule has 3 aromatic rings. The van der Waals surface area contributed by atoms with E-state index in [1.165, 1.54) is 0 Å². The summed E-state index contributed by atoms with van der Waals surface area (Å²) < 4.78 is 1.82. The Bertz CT molecular complexity index is 1100. The highest BCUT2D eigenvalue weighted by atomic mass is 35.5. The fourth-order valence-electron chi connectivity index (χ4n) is 3.39. The van der Waals surface area contributed by atoms with E-state index < -0.39 is 0 Å². The topological polar surface area (TPSA) is 76.0 Å². The zero-order valence-electron chi connectivity index (χ0n) is 16.9. The average Bonchev–Trinajstić information content (AvgIpc) is 3.52. The minimum atomic E-state index is -0.137. The van der Waals surface area contributed by atoms with Gasteiger partial charge in [-0.1, -0.05) is 17.7 Å². The molecule has 1 aliphatic carbocycles. The lowest BCUT2D eigenvalue weighted by molar-refractivity contribution is -0.117. The molecule has 4 rings (SSSR count). The van der Waals surface area contributed by atoms with Crippen molar-refractivity contribution in [3.05, 3.63) is 70.5 Å². The second-order valence-electron chi connectivity index (χ2n) is 7.61. The summed E-state index contributed by atoms with van der Waals surface area (Å²) in [5, 5.41) is 11.1. The Balaban J connectivity index is 1.45. The normalized spacial score (nSPS) is 13.2. The van der Waals surface area contributed by atoms with E-state index in [-0.39, 0.29) is 24.2 Å². The zero-order valence-corrected chi connectivity index (χ0v) is 17.7. The van der Waals surface area contributed by atoms with Gasteiger partial charge < -0.3 is 10.6 Å². The number of nitrogens with one attached hydrogen (secondary N) is 2. The van der Waals surface area contributed by atoms with Gasteiger partial charge in [0.05, 0.1) is 17.8 Å². The molecule has 7 heteroatoms. The fraction of sp³-hybridized carbons (Fsp3) is 0.261. The smallest absolute Gasteiger partial charge is 0.228 e. The van der Waals surface area contributed by atoms with Crippen molar-refractivity contribution in [1.82, 2.24) is 9.78 Å². The van der Waals surface area contributed by atoms with Crippen LogP contribution in [0.5, 0.6) is 0 Å². The monoisotopic (exact) mass is 422 g/mol. The van der Waals surface area contributed by atoms with Gasteiger partial charge >= 0.3 is 0 Å². The number of hydrogen-bond acceptors (Lipinski definition) is 3. The third-order valence-corrected chi connectivity index (χ3v) is 5.46. The molecule has 1 heterocycles. The minimum Gasteiger partial charge on any atom is -0.326 e. The number of aromatic nitrogens is 2. The molecule has 0 aliphatic heterocycles. The van der Waals surface area contributed by atoms with E-state index in [0.717, 1.165) is 35.5 Å². The quantitative estimate of drug-likeness (QED) is 0.606. The summed E-state index contributed by atoms with van der Waals surface area (Å²) in [5.41, 5.74) is 4.84. The first-order chi connectivity index (χ1) is 14.4. The number of hydrogen-bond donors (Lipinski definition) is 2. The van der Waals surface area contributed by atoms with Gasteiger partial charge in [0, 0.05) is 33.6 Å². The molecule has 1 aliphatic rings. The molecule has 1 aromatic heterocycles. The van der Waals surface area contributed by atoms with Crippen LogP contribution in [0.2, 0.25) is 5.02 Å². The van der Waals surface area contributed by atoms with Gasteiger partial charge in [-0.25, -0.2) is 4.68 Å². The van der Waals surface area contributed by atoms with Crippen LogP contribution < -0.4 is 10.6 Å². The van der Waals surface area contributed by atoms with Crippen molar-refractivity contribution in [3.8, 4) is 5.69 Å². The van der Waals surface area contributed by atoms with Crippen LogP contribution in [0.4, 0.5) is 11.4 Å². The summed E-state index contributed by atoms with van der Waals surface area (Å²) >= 11 is 5.97. The Morgan fingerprint density at radius 3 is 2.40 bits per heavy atom. The van der Waals surface area contributed by atoms with Crippen molar-refractivity contribution in [2.45, 2.75) is 33.1 Å². The van der Waals surface area contributed by atoms with Gasteiger partial charge in [0.25, 0.3) is 0 Å². The number of amides is 2. The maximum atomic E-state index is 12.7. The Labute approximate surface area is 180 Å². The summed E-state index contributed by atoms with van der Waals surface area (Å²) in [6, 6.07) is 14.6. The number of halogens is 1. The van der Waals surface area contributed by atoms with E-state index >= 15 is 0 Å². The lowest BCUT2D eigenvalue weighted by atomic mass is 10.1. The second-order valence-corrected chi connectivity index (χ2v) is 8.04. The molecule has 1 fully saturated rings. The van der Waals surface area contributed by atoms with Gasteiger partial charge in [0.1, 0.15) is 0 Å². The Morgan fingerprint density at radius 1 is 1.07 bits per heavy atom. The molecule has 154 valence electrons. The first-order valence-corrected chi connectivity index (χ1v) is 10.3. The van der Waals surface area contributed by atoms with Crippen molar-refractivity contribution in [2.24, 2.45) is 5.92 Å². The summed E-state index contributed by atoms with van der Waals surface area (Å²) in [5.74, 6) is 0.0354. The number of anilines is 2. The van der Waals surface area contributed by atoms with Crippen molar-refractivity contribution in [3.63, 3.8) is 0 Å². The average molecular weight is 423 g/mol. The van der Waals surface area contributed by atoms with Crippen molar-refractivity contribution in [1.29, 1.82) is 0 Å². The molecule has 1 saturated carbocycles. The second kappa shape index (κ2) is 8.32. The maximum Gasteiger partial charge on any atom is 0.228 e. The molecule has 6 nitrogen and oxygen atoms in total. The number of carbonyl (C=O) groups is 2. The SMILES string of the molecule is Cc1nn(-c2ccc(Cl)cc2)c(C)c1CC(=O)Nc1cccc(NC(=O)C2CC2)c1. The Morgan fingerprint density at radius 2 is 1.73 bits per heavy atom. The van der Waals surface area contributed by atoms with Crippen molar-refractivity contribution in [2.75, 3.05) is 10.6 Å². The molecule has 0 unspecified atom stereocenters. The molecular formula is C23H23ClN4O2. The molecule has 0 bridgehead atoms. The van der Waals surface area contributed by atoms with E-state index in [1.807, 2.05) is 61.0 Å². The molecule has 2 amide bonds. The third kappa shape index (κ3) is 4.54. The van der Waals surface area contributed by atoms with E-state index in [9.17, 15) is 9.59 Å². The highest BCUT2D eigenvalue weighted by Gasteiger charge is 2.29. The number of benzene rings is 2. The lowest BCUT2D eigenvalue weighted by Gasteiger charge is -2.09. The number of nitrogens with zero attached hydrogens (tertiary/aromatic N) is 2. The van der Waals surface area contributed by atoms with E-state index in [2.05, 4.69) is 15.7 Å². The summed E-state index contributed by atoms with van der Waals surface area (Å²) in [7, 11) is 0. The molecule has 2 N–H and O–H groups in total. The Hall–Kier alpha value is -3.12. The predicted octanol–water partition coefficient (Wildman–Crippen LogP) is 4.67. The van der Waals surface area contributed by atoms with Gasteiger partial charge in [-0.15, -0.1) is 0 Å². The molecule has 0 spiro atoms. The minimum absolute atomic E-state index is 0.0411. The van der Waals surface area contributed by atoms with Crippen LogP contribution in [-0.4, -0.2) is 21.6 Å². The van der Waals surface area contributed by atoms with Crippen LogP contribution in [-0.2, 0) is 16.0 Å². The highest BCUT2D eigenvalue weighted by molar-refractivity contribution is 6.30. The first kappa shape index (κ1) is 20.2. The maximum absolute atomic E-state index is 12.7. The van der Waals surface area contributed by atoms with Crippen LogP contribution in [0.3, 0.4) is 0 Å². The van der Waals surface area contributed by atoms with E-state index in [4.69, 9.17) is 11.6 Å². The standard InChI is InChI=1S/C23H23ClN4O2/c1-14-21(15(2)28(27-14)20-10-8-17(24)9-11-20)13-22(29)25-18-4-3-5-19(12-18)26-23(30)16-6-7-16/h3-5,8-12,16H,6-7,13H2,1-2H3,(H,25,29)(H,26,30). The molecule has 2 aromatic carbocycles. The molecule has 0 radical (unpaired) electrons. The summed E-state index contributed by atoms with van der Waals surface area (Å²) in [6.07, 6.45) is 2.11. The largest absolute Gasteiger partial charge is 0.326 e. The molecule has 0 atom stereocenters. The fourth-order valence-corrected chi connectivity index (χ4v) is 3.52. The lowest BCUT2D eigenvalue weighted by Crippen LogP contribution is -2.16. The van der Waals surface area contributed by atoms with Crippen LogP contribution in [0.25, 0.3) is 5.69 Å². The third-order valence-electron chi connectivity index (χ3n) is 5.21. The van der Waals surface area contributed by atoms with Gasteiger partial charge in [-0.3, -0.25) is 9.59 Å². The predicted molar refractivity (Wildman–Crippen MR) is 118 cm³/mol. The molecular weight excluding hydrogens is 400 g/mol. The van der Waals surface area contributed by atoms with Crippen molar-refractivity contribution >= 4 is 34.8 Å². The first-order valence-electron chi connectivity index (χ1n) is 9.92. The van der Waals surface area contributed by atoms with Crippen LogP contribution >= 0.6 is 11.6 Å². The van der Waals surface area contributed by atoms with E-state index in [1.54, 1.807) is 6.07 Å². The van der Waals surface area contributed by atoms with Gasteiger partial charge in [-0.2, -0.15) is 5.10 Å². The molecule has 0 saturated heterocycles. The number of rotatable bonds is 6. The van der Waals surface area contributed by atoms with Crippen LogP contribution in [0, 0.1) is 19.8 Å². The molecule has 30 heavy (non-hydrogen) atoms.